The van der Waals surface area contributed by atoms with Gasteiger partial charge in [-0.05, 0) is 32.4 Å². The van der Waals surface area contributed by atoms with Gasteiger partial charge in [0.15, 0.2) is 5.96 Å². The monoisotopic (exact) mass is 346 g/mol. The van der Waals surface area contributed by atoms with Crippen LogP contribution in [0, 0.1) is 13.8 Å². The lowest BCUT2D eigenvalue weighted by atomic mass is 10.3. The number of benzene rings is 1. The molecule has 0 aliphatic carbocycles. The molecule has 0 saturated carbocycles. The first kappa shape index (κ1) is 18.6. The molecule has 0 aliphatic heterocycles. The molecule has 0 amide bonds. The summed E-state index contributed by atoms with van der Waals surface area (Å²) in [5.41, 5.74) is 0.912. The molecule has 2 aromatic rings. The maximum absolute atomic E-state index is 5.70. The number of rotatable bonds is 8. The average molecular weight is 346 g/mol. The molecule has 7 heteroatoms. The van der Waals surface area contributed by atoms with Crippen molar-refractivity contribution < 1.29 is 13.9 Å². The number of aliphatic imine (C=N–C) groups is 1. The minimum atomic E-state index is 0.495. The number of hydrogen-bond donors (Lipinski definition) is 2. The third kappa shape index (κ3) is 6.02. The van der Waals surface area contributed by atoms with E-state index in [2.05, 4.69) is 20.6 Å². The molecule has 0 spiro atoms. The lowest BCUT2D eigenvalue weighted by Crippen LogP contribution is -2.37. The summed E-state index contributed by atoms with van der Waals surface area (Å²) in [4.78, 5) is 8.51. The van der Waals surface area contributed by atoms with Crippen molar-refractivity contribution in [1.29, 1.82) is 0 Å². The average Bonchev–Trinajstić information content (AvgIpc) is 2.95. The largest absolute Gasteiger partial charge is 0.497 e. The molecule has 25 heavy (non-hydrogen) atoms. The van der Waals surface area contributed by atoms with Gasteiger partial charge in [0.2, 0.25) is 5.89 Å². The molecule has 0 saturated heterocycles. The fourth-order valence-electron chi connectivity index (χ4n) is 2.15. The Morgan fingerprint density at radius 2 is 2.04 bits per heavy atom. The Balaban J connectivity index is 1.65. The number of nitrogens with zero attached hydrogens (tertiary/aromatic N) is 2. The van der Waals surface area contributed by atoms with Gasteiger partial charge in [-0.1, -0.05) is 6.07 Å². The lowest BCUT2D eigenvalue weighted by Gasteiger charge is -2.11. The molecule has 136 valence electrons. The number of hydrogen-bond acceptors (Lipinski definition) is 5. The zero-order valence-electron chi connectivity index (χ0n) is 15.3. The molecule has 0 unspecified atom stereocenters. The zero-order valence-corrected chi connectivity index (χ0v) is 15.3. The zero-order chi connectivity index (χ0) is 18.1. The van der Waals surface area contributed by atoms with Crippen LogP contribution in [0.2, 0.25) is 0 Å². The highest BCUT2D eigenvalue weighted by Gasteiger charge is 2.06. The third-order valence-electron chi connectivity index (χ3n) is 3.63. The Morgan fingerprint density at radius 1 is 1.24 bits per heavy atom. The van der Waals surface area contributed by atoms with Gasteiger partial charge in [-0.3, -0.25) is 4.99 Å². The number of ether oxygens (including phenoxy) is 2. The van der Waals surface area contributed by atoms with Gasteiger partial charge in [-0.25, -0.2) is 4.98 Å². The fraction of sp³-hybridized carbons (Fsp3) is 0.444. The van der Waals surface area contributed by atoms with Gasteiger partial charge >= 0.3 is 0 Å². The summed E-state index contributed by atoms with van der Waals surface area (Å²) >= 11 is 0. The van der Waals surface area contributed by atoms with Crippen molar-refractivity contribution in [3.05, 3.63) is 41.6 Å². The minimum Gasteiger partial charge on any atom is -0.497 e. The Morgan fingerprint density at radius 3 is 2.72 bits per heavy atom. The molecular weight excluding hydrogens is 320 g/mol. The highest BCUT2D eigenvalue weighted by molar-refractivity contribution is 5.79. The topological polar surface area (TPSA) is 80.9 Å². The second kappa shape index (κ2) is 9.56. The number of oxazole rings is 1. The summed E-state index contributed by atoms with van der Waals surface area (Å²) in [6.45, 7) is 5.68. The predicted molar refractivity (Wildman–Crippen MR) is 97.3 cm³/mol. The van der Waals surface area contributed by atoms with Crippen molar-refractivity contribution in [3.63, 3.8) is 0 Å². The molecule has 1 aromatic heterocycles. The highest BCUT2D eigenvalue weighted by Crippen LogP contribution is 2.18. The van der Waals surface area contributed by atoms with Crippen molar-refractivity contribution in [3.8, 4) is 11.5 Å². The van der Waals surface area contributed by atoms with Crippen molar-refractivity contribution in [2.45, 2.75) is 26.8 Å². The summed E-state index contributed by atoms with van der Waals surface area (Å²) in [6.07, 6.45) is 0.842. The van der Waals surface area contributed by atoms with Crippen LogP contribution in [-0.4, -0.2) is 38.3 Å². The SMILES string of the molecule is CN=C(NCCCOc1cccc(OC)c1)NCc1nc(C)c(C)o1. The van der Waals surface area contributed by atoms with E-state index in [0.29, 0.717) is 25.0 Å². The highest BCUT2D eigenvalue weighted by atomic mass is 16.5. The smallest absolute Gasteiger partial charge is 0.214 e. The molecule has 2 N–H and O–H groups in total. The first-order valence-corrected chi connectivity index (χ1v) is 8.26. The number of nitrogens with one attached hydrogen (secondary N) is 2. The van der Waals surface area contributed by atoms with E-state index < -0.39 is 0 Å². The Bertz CT molecular complexity index is 678. The second-order valence-electron chi connectivity index (χ2n) is 5.48. The summed E-state index contributed by atoms with van der Waals surface area (Å²) in [5.74, 6) is 3.79. The summed E-state index contributed by atoms with van der Waals surface area (Å²) < 4.78 is 16.4. The molecular formula is C18H26N4O3. The van der Waals surface area contributed by atoms with E-state index in [1.807, 2.05) is 38.1 Å². The van der Waals surface area contributed by atoms with E-state index in [1.165, 1.54) is 0 Å². The van der Waals surface area contributed by atoms with Gasteiger partial charge in [0.25, 0.3) is 0 Å². The maximum atomic E-state index is 5.70. The van der Waals surface area contributed by atoms with Crippen molar-refractivity contribution in [2.75, 3.05) is 27.3 Å². The number of aryl methyl sites for hydroxylation is 2. The molecule has 0 atom stereocenters. The number of methoxy groups -OCH3 is 1. The van der Waals surface area contributed by atoms with Crippen LogP contribution in [0.1, 0.15) is 23.8 Å². The Hall–Kier alpha value is -2.70. The molecule has 0 fully saturated rings. The van der Waals surface area contributed by atoms with Crippen LogP contribution in [0.5, 0.6) is 11.5 Å². The molecule has 0 radical (unpaired) electrons. The quantitative estimate of drug-likeness (QED) is 0.434. The molecule has 2 rings (SSSR count). The first-order valence-electron chi connectivity index (χ1n) is 8.26. The lowest BCUT2D eigenvalue weighted by molar-refractivity contribution is 0.308. The van der Waals surface area contributed by atoms with E-state index in [-0.39, 0.29) is 0 Å². The van der Waals surface area contributed by atoms with Crippen LogP contribution in [0.3, 0.4) is 0 Å². The Kier molecular flexibility index (Phi) is 7.13. The summed E-state index contributed by atoms with van der Waals surface area (Å²) in [5, 5.41) is 6.41. The molecule has 1 heterocycles. The predicted octanol–water partition coefficient (Wildman–Crippen LogP) is 2.43. The van der Waals surface area contributed by atoms with E-state index >= 15 is 0 Å². The van der Waals surface area contributed by atoms with Gasteiger partial charge < -0.3 is 24.5 Å². The maximum Gasteiger partial charge on any atom is 0.214 e. The van der Waals surface area contributed by atoms with Gasteiger partial charge in [-0.15, -0.1) is 0 Å². The van der Waals surface area contributed by atoms with Gasteiger partial charge in [0.05, 0.1) is 26.0 Å². The van der Waals surface area contributed by atoms with Gasteiger partial charge in [0.1, 0.15) is 17.3 Å². The standard InChI is InChI=1S/C18H26N4O3/c1-13-14(2)25-17(22-13)12-21-18(19-3)20-9-6-10-24-16-8-5-7-15(11-16)23-4/h5,7-8,11H,6,9-10,12H2,1-4H3,(H2,19,20,21). The molecule has 0 aliphatic rings. The first-order chi connectivity index (χ1) is 12.1. The van der Waals surface area contributed by atoms with E-state index in [0.717, 1.165) is 35.9 Å². The van der Waals surface area contributed by atoms with Crippen molar-refractivity contribution >= 4 is 5.96 Å². The van der Waals surface area contributed by atoms with Gasteiger partial charge in [0, 0.05) is 19.7 Å². The Labute approximate surface area is 148 Å². The fourth-order valence-corrected chi connectivity index (χ4v) is 2.15. The second-order valence-corrected chi connectivity index (χ2v) is 5.48. The number of aromatic nitrogens is 1. The van der Waals surface area contributed by atoms with Crippen LogP contribution >= 0.6 is 0 Å². The van der Waals surface area contributed by atoms with Gasteiger partial charge in [-0.2, -0.15) is 0 Å². The molecule has 7 nitrogen and oxygen atoms in total. The van der Waals surface area contributed by atoms with Crippen LogP contribution in [0.15, 0.2) is 33.7 Å². The van der Waals surface area contributed by atoms with Crippen LogP contribution in [0.25, 0.3) is 0 Å². The van der Waals surface area contributed by atoms with Crippen LogP contribution in [0.4, 0.5) is 0 Å². The summed E-state index contributed by atoms with van der Waals surface area (Å²) in [6, 6.07) is 7.58. The summed E-state index contributed by atoms with van der Waals surface area (Å²) in [7, 11) is 3.37. The normalized spacial score (nSPS) is 11.3. The third-order valence-corrected chi connectivity index (χ3v) is 3.63. The van der Waals surface area contributed by atoms with Crippen molar-refractivity contribution in [2.24, 2.45) is 4.99 Å². The van der Waals surface area contributed by atoms with E-state index in [1.54, 1.807) is 14.2 Å². The minimum absolute atomic E-state index is 0.495. The van der Waals surface area contributed by atoms with Crippen LogP contribution in [-0.2, 0) is 6.54 Å². The molecule has 1 aromatic carbocycles. The van der Waals surface area contributed by atoms with E-state index in [4.69, 9.17) is 13.9 Å². The molecule has 0 bridgehead atoms. The van der Waals surface area contributed by atoms with E-state index in [9.17, 15) is 0 Å². The van der Waals surface area contributed by atoms with Crippen LogP contribution < -0.4 is 20.1 Å². The van der Waals surface area contributed by atoms with Crippen molar-refractivity contribution in [1.82, 2.24) is 15.6 Å². The number of guanidine groups is 1.